The number of esters is 1. The fourth-order valence-electron chi connectivity index (χ4n) is 2.41. The number of carbonyl (C=O) groups excluding carboxylic acids is 2. The van der Waals surface area contributed by atoms with Crippen LogP contribution in [0.1, 0.15) is 31.9 Å². The highest BCUT2D eigenvalue weighted by atomic mass is 16.5. The van der Waals surface area contributed by atoms with Gasteiger partial charge in [-0.25, -0.2) is 0 Å². The van der Waals surface area contributed by atoms with Crippen molar-refractivity contribution in [1.82, 2.24) is 0 Å². The topological polar surface area (TPSA) is 65.7 Å². The van der Waals surface area contributed by atoms with Crippen molar-refractivity contribution in [2.75, 3.05) is 13.2 Å². The molecule has 1 aromatic heterocycles. The van der Waals surface area contributed by atoms with Crippen LogP contribution in [0.4, 0.5) is 0 Å². The summed E-state index contributed by atoms with van der Waals surface area (Å²) in [6, 6.07) is 3.50. The molecule has 2 atom stereocenters. The van der Waals surface area contributed by atoms with Gasteiger partial charge in [0.05, 0.1) is 19.5 Å². The van der Waals surface area contributed by atoms with Gasteiger partial charge in [0.25, 0.3) is 0 Å². The van der Waals surface area contributed by atoms with E-state index in [1.54, 1.807) is 19.1 Å². The largest absolute Gasteiger partial charge is 0.498 e. The smallest absolute Gasteiger partial charge is 0.317 e. The maximum absolute atomic E-state index is 12.2. The Bertz CT molecular complexity index is 500. The van der Waals surface area contributed by atoms with Crippen molar-refractivity contribution in [3.63, 3.8) is 0 Å². The number of carbonyl (C=O) groups is 2. The Labute approximate surface area is 117 Å². The Morgan fingerprint density at radius 1 is 1.40 bits per heavy atom. The van der Waals surface area contributed by atoms with Crippen molar-refractivity contribution >= 4 is 11.8 Å². The van der Waals surface area contributed by atoms with Gasteiger partial charge in [0.2, 0.25) is 0 Å². The quantitative estimate of drug-likeness (QED) is 0.611. The van der Waals surface area contributed by atoms with Crippen LogP contribution in [0.3, 0.4) is 0 Å². The molecule has 0 amide bonds. The van der Waals surface area contributed by atoms with Crippen LogP contribution in [0, 0.1) is 5.92 Å². The van der Waals surface area contributed by atoms with E-state index in [1.165, 1.54) is 12.3 Å². The van der Waals surface area contributed by atoms with Gasteiger partial charge in [-0.15, -0.1) is 0 Å². The summed E-state index contributed by atoms with van der Waals surface area (Å²) in [5, 5.41) is 0. The molecule has 0 radical (unpaired) electrons. The predicted molar refractivity (Wildman–Crippen MR) is 70.9 cm³/mol. The number of furan rings is 1. The van der Waals surface area contributed by atoms with Crippen LogP contribution < -0.4 is 0 Å². The fraction of sp³-hybridized carbons (Fsp3) is 0.467. The number of hydrogen-bond acceptors (Lipinski definition) is 5. The monoisotopic (exact) mass is 278 g/mol. The van der Waals surface area contributed by atoms with E-state index in [0.29, 0.717) is 24.5 Å². The Hall–Kier alpha value is -2.04. The van der Waals surface area contributed by atoms with Crippen molar-refractivity contribution in [1.29, 1.82) is 0 Å². The Kier molecular flexibility index (Phi) is 4.61. The molecular formula is C15H18O5. The molecule has 5 nitrogen and oxygen atoms in total. The van der Waals surface area contributed by atoms with Gasteiger partial charge >= 0.3 is 5.97 Å². The molecule has 2 unspecified atom stereocenters. The molecule has 108 valence electrons. The molecule has 5 heteroatoms. The summed E-state index contributed by atoms with van der Waals surface area (Å²) in [6.07, 6.45) is 3.38. The van der Waals surface area contributed by atoms with E-state index < -0.39 is 11.9 Å². The minimum atomic E-state index is -0.856. The lowest BCUT2D eigenvalue weighted by Gasteiger charge is -2.27. The molecule has 20 heavy (non-hydrogen) atoms. The van der Waals surface area contributed by atoms with Crippen LogP contribution in [-0.4, -0.2) is 25.0 Å². The number of ether oxygens (including phenoxy) is 2. The summed E-state index contributed by atoms with van der Waals surface area (Å²) in [5.74, 6) is -0.847. The predicted octanol–water partition coefficient (Wildman–Crippen LogP) is 2.44. The maximum Gasteiger partial charge on any atom is 0.317 e. The minimum Gasteiger partial charge on any atom is -0.498 e. The first-order valence-electron chi connectivity index (χ1n) is 6.74. The zero-order chi connectivity index (χ0) is 14.5. The van der Waals surface area contributed by atoms with Gasteiger partial charge in [-0.05, 0) is 26.0 Å². The van der Waals surface area contributed by atoms with Gasteiger partial charge < -0.3 is 13.9 Å². The molecule has 0 aliphatic heterocycles. The van der Waals surface area contributed by atoms with Crippen molar-refractivity contribution in [3.05, 3.63) is 36.0 Å². The number of allylic oxidation sites excluding steroid dienone is 2. The Morgan fingerprint density at radius 3 is 2.80 bits per heavy atom. The third-order valence-corrected chi connectivity index (χ3v) is 3.21. The first-order valence-corrected chi connectivity index (χ1v) is 6.74. The molecule has 1 heterocycles. The summed E-state index contributed by atoms with van der Waals surface area (Å²) < 4.78 is 15.8. The molecule has 0 N–H and O–H groups in total. The van der Waals surface area contributed by atoms with E-state index in [-0.39, 0.29) is 18.3 Å². The molecular weight excluding hydrogens is 260 g/mol. The van der Waals surface area contributed by atoms with E-state index in [1.807, 2.05) is 6.92 Å². The fourth-order valence-corrected chi connectivity index (χ4v) is 2.41. The second-order valence-electron chi connectivity index (χ2n) is 4.50. The summed E-state index contributed by atoms with van der Waals surface area (Å²) >= 11 is 0. The van der Waals surface area contributed by atoms with Gasteiger partial charge in [-0.2, -0.15) is 0 Å². The van der Waals surface area contributed by atoms with E-state index in [9.17, 15) is 9.59 Å². The second kappa shape index (κ2) is 6.41. The molecule has 0 saturated carbocycles. The second-order valence-corrected chi connectivity index (χ2v) is 4.50. The first-order chi connectivity index (χ1) is 9.67. The zero-order valence-corrected chi connectivity index (χ0v) is 11.6. The highest BCUT2D eigenvalue weighted by Crippen LogP contribution is 2.37. The normalized spacial score (nSPS) is 22.3. The Balaban J connectivity index is 2.30. The molecule has 2 rings (SSSR count). The van der Waals surface area contributed by atoms with Gasteiger partial charge in [-0.1, -0.05) is 0 Å². The average molecular weight is 278 g/mol. The van der Waals surface area contributed by atoms with Crippen molar-refractivity contribution in [2.45, 2.75) is 26.2 Å². The van der Waals surface area contributed by atoms with E-state index in [0.717, 1.165) is 0 Å². The number of hydrogen-bond donors (Lipinski definition) is 0. The van der Waals surface area contributed by atoms with Crippen molar-refractivity contribution in [3.8, 4) is 0 Å². The van der Waals surface area contributed by atoms with Crippen LogP contribution in [0.25, 0.3) is 0 Å². The summed E-state index contributed by atoms with van der Waals surface area (Å²) in [5.41, 5.74) is 0. The summed E-state index contributed by atoms with van der Waals surface area (Å²) in [6.45, 7) is 4.29. The molecule has 0 bridgehead atoms. The molecule has 1 aromatic rings. The lowest BCUT2D eigenvalue weighted by atomic mass is 9.79. The number of rotatable bonds is 5. The SMILES string of the molecule is CCOC(=O)C1C(=O)C=C(OCC)CC1c1ccco1. The Morgan fingerprint density at radius 2 is 2.20 bits per heavy atom. The highest BCUT2D eigenvalue weighted by Gasteiger charge is 2.41. The van der Waals surface area contributed by atoms with Crippen LogP contribution >= 0.6 is 0 Å². The molecule has 0 fully saturated rings. The maximum atomic E-state index is 12.2. The van der Waals surface area contributed by atoms with Gasteiger partial charge in [0.1, 0.15) is 17.4 Å². The van der Waals surface area contributed by atoms with Crippen LogP contribution in [0.2, 0.25) is 0 Å². The molecule has 0 spiro atoms. The van der Waals surface area contributed by atoms with Crippen molar-refractivity contribution in [2.24, 2.45) is 5.92 Å². The number of ketones is 1. The van der Waals surface area contributed by atoms with Gasteiger partial charge in [0.15, 0.2) is 5.78 Å². The standard InChI is InChI=1S/C15H18O5/c1-3-18-10-8-11(13-6-5-7-20-13)14(12(16)9-10)15(17)19-4-2/h5-7,9,11,14H,3-4,8H2,1-2H3. The minimum absolute atomic E-state index is 0.246. The summed E-state index contributed by atoms with van der Waals surface area (Å²) in [7, 11) is 0. The third kappa shape index (κ3) is 2.92. The summed E-state index contributed by atoms with van der Waals surface area (Å²) in [4.78, 5) is 24.2. The zero-order valence-electron chi connectivity index (χ0n) is 11.6. The van der Waals surface area contributed by atoms with Gasteiger partial charge in [-0.3, -0.25) is 9.59 Å². The van der Waals surface area contributed by atoms with Gasteiger partial charge in [0, 0.05) is 18.4 Å². The lowest BCUT2D eigenvalue weighted by Crippen LogP contribution is -2.34. The molecule has 0 saturated heterocycles. The molecule has 1 aliphatic carbocycles. The third-order valence-electron chi connectivity index (χ3n) is 3.21. The van der Waals surface area contributed by atoms with E-state index in [4.69, 9.17) is 13.9 Å². The highest BCUT2D eigenvalue weighted by molar-refractivity contribution is 6.06. The first kappa shape index (κ1) is 14.4. The van der Waals surface area contributed by atoms with Crippen LogP contribution in [0.15, 0.2) is 34.6 Å². The lowest BCUT2D eigenvalue weighted by molar-refractivity contribution is -0.152. The average Bonchev–Trinajstić information content (AvgIpc) is 2.92. The van der Waals surface area contributed by atoms with Crippen LogP contribution in [-0.2, 0) is 19.1 Å². The van der Waals surface area contributed by atoms with E-state index >= 15 is 0 Å². The van der Waals surface area contributed by atoms with E-state index in [2.05, 4.69) is 0 Å². The molecule has 1 aliphatic rings. The van der Waals surface area contributed by atoms with Crippen molar-refractivity contribution < 1.29 is 23.5 Å². The van der Waals surface area contributed by atoms with Crippen LogP contribution in [0.5, 0.6) is 0 Å². The molecule has 0 aromatic carbocycles.